The van der Waals surface area contributed by atoms with E-state index in [-0.39, 0.29) is 24.3 Å². The van der Waals surface area contributed by atoms with Crippen LogP contribution in [0.5, 0.6) is 0 Å². The van der Waals surface area contributed by atoms with E-state index in [1.165, 1.54) is 24.3 Å². The number of anilines is 1. The van der Waals surface area contributed by atoms with E-state index in [4.69, 9.17) is 0 Å². The molecule has 3 aromatic rings. The zero-order valence-electron chi connectivity index (χ0n) is 15.5. The van der Waals surface area contributed by atoms with Crippen LogP contribution in [0.15, 0.2) is 54.9 Å². The standard InChI is InChI=1S/C20H17F4N5O/c21-13-6-4-12(5-7-13)16-9-17(20(22,23)24)29-18(28-16)15(11-27-29)19(30)26-10-14-3-1-2-8-25-14/h1-8,11,16-17,28H,9-10H2,(H,26,30)/t16-,17-/m1/s1. The predicted octanol–water partition coefficient (Wildman–Crippen LogP) is 4.01. The molecule has 0 bridgehead atoms. The van der Waals surface area contributed by atoms with E-state index in [1.807, 2.05) is 0 Å². The smallest absolute Gasteiger partial charge is 0.363 e. The first-order valence-electron chi connectivity index (χ1n) is 9.17. The van der Waals surface area contributed by atoms with Crippen molar-refractivity contribution in [1.82, 2.24) is 20.1 Å². The van der Waals surface area contributed by atoms with Crippen molar-refractivity contribution >= 4 is 11.7 Å². The Labute approximate surface area is 168 Å². The van der Waals surface area contributed by atoms with Crippen LogP contribution in [0.1, 0.15) is 40.1 Å². The molecule has 0 saturated heterocycles. The molecule has 1 amide bonds. The number of aromatic nitrogens is 3. The van der Waals surface area contributed by atoms with E-state index in [0.29, 0.717) is 11.3 Å². The summed E-state index contributed by atoms with van der Waals surface area (Å²) in [6.45, 7) is 0.119. The second-order valence-corrected chi connectivity index (χ2v) is 6.90. The van der Waals surface area contributed by atoms with Crippen LogP contribution in [0.2, 0.25) is 0 Å². The van der Waals surface area contributed by atoms with E-state index in [2.05, 4.69) is 20.7 Å². The van der Waals surface area contributed by atoms with Gasteiger partial charge in [-0.3, -0.25) is 9.78 Å². The molecule has 10 heteroatoms. The van der Waals surface area contributed by atoms with Crippen molar-refractivity contribution in [3.8, 4) is 0 Å². The summed E-state index contributed by atoms with van der Waals surface area (Å²) < 4.78 is 55.1. The highest BCUT2D eigenvalue weighted by Gasteiger charge is 2.47. The molecule has 2 aromatic heterocycles. The van der Waals surface area contributed by atoms with Crippen molar-refractivity contribution in [3.63, 3.8) is 0 Å². The fourth-order valence-corrected chi connectivity index (χ4v) is 3.41. The monoisotopic (exact) mass is 419 g/mol. The third-order valence-corrected chi connectivity index (χ3v) is 4.91. The lowest BCUT2D eigenvalue weighted by Crippen LogP contribution is -2.36. The lowest BCUT2D eigenvalue weighted by atomic mass is 9.96. The van der Waals surface area contributed by atoms with Gasteiger partial charge in [-0.05, 0) is 29.8 Å². The molecule has 30 heavy (non-hydrogen) atoms. The number of nitrogens with one attached hydrogen (secondary N) is 2. The molecule has 0 fully saturated rings. The van der Waals surface area contributed by atoms with E-state index < -0.39 is 30.0 Å². The second kappa shape index (κ2) is 7.77. The Kier molecular flexibility index (Phi) is 5.15. The maximum absolute atomic E-state index is 13.7. The molecule has 0 aliphatic carbocycles. The lowest BCUT2D eigenvalue weighted by Gasteiger charge is -2.34. The molecular weight excluding hydrogens is 402 g/mol. The summed E-state index contributed by atoms with van der Waals surface area (Å²) >= 11 is 0. The highest BCUT2D eigenvalue weighted by atomic mass is 19.4. The Hall–Kier alpha value is -3.43. The van der Waals surface area contributed by atoms with Crippen molar-refractivity contribution in [2.24, 2.45) is 0 Å². The number of nitrogens with zero attached hydrogens (tertiary/aromatic N) is 3. The maximum Gasteiger partial charge on any atom is 0.410 e. The van der Waals surface area contributed by atoms with Gasteiger partial charge in [-0.2, -0.15) is 18.3 Å². The Morgan fingerprint density at radius 2 is 1.97 bits per heavy atom. The fourth-order valence-electron chi connectivity index (χ4n) is 3.41. The number of carbonyl (C=O) groups is 1. The van der Waals surface area contributed by atoms with Crippen molar-refractivity contribution in [2.45, 2.75) is 31.2 Å². The summed E-state index contributed by atoms with van der Waals surface area (Å²) in [6.07, 6.45) is -2.21. The minimum atomic E-state index is -4.57. The number of amides is 1. The van der Waals surface area contributed by atoms with Gasteiger partial charge in [0.2, 0.25) is 0 Å². The van der Waals surface area contributed by atoms with Gasteiger partial charge in [0.15, 0.2) is 6.04 Å². The van der Waals surface area contributed by atoms with Crippen LogP contribution in [0.4, 0.5) is 23.4 Å². The van der Waals surface area contributed by atoms with Gasteiger partial charge >= 0.3 is 6.18 Å². The molecule has 1 aliphatic rings. The molecule has 0 saturated carbocycles. The van der Waals surface area contributed by atoms with Crippen LogP contribution in [0.3, 0.4) is 0 Å². The van der Waals surface area contributed by atoms with Gasteiger partial charge < -0.3 is 10.6 Å². The number of rotatable bonds is 4. The molecule has 1 aliphatic heterocycles. The molecule has 0 radical (unpaired) electrons. The summed E-state index contributed by atoms with van der Waals surface area (Å²) in [5, 5.41) is 9.43. The van der Waals surface area contributed by atoms with Crippen molar-refractivity contribution in [2.75, 3.05) is 5.32 Å². The summed E-state index contributed by atoms with van der Waals surface area (Å²) in [5.74, 6) is -1.09. The number of hydrogen-bond donors (Lipinski definition) is 2. The zero-order valence-corrected chi connectivity index (χ0v) is 15.5. The summed E-state index contributed by atoms with van der Waals surface area (Å²) in [4.78, 5) is 16.7. The third kappa shape index (κ3) is 3.98. The first-order valence-corrected chi connectivity index (χ1v) is 9.17. The number of benzene rings is 1. The minimum absolute atomic E-state index is 0.00741. The number of alkyl halides is 3. The molecule has 2 atom stereocenters. The van der Waals surface area contributed by atoms with Crippen LogP contribution < -0.4 is 10.6 Å². The normalized spacial score (nSPS) is 18.4. The number of carbonyl (C=O) groups excluding carboxylic acids is 1. The Morgan fingerprint density at radius 1 is 1.20 bits per heavy atom. The number of fused-ring (bicyclic) bond motifs is 1. The van der Waals surface area contributed by atoms with E-state index in [1.54, 1.807) is 24.4 Å². The van der Waals surface area contributed by atoms with Gasteiger partial charge in [-0.25, -0.2) is 9.07 Å². The van der Waals surface area contributed by atoms with Gasteiger partial charge in [0.1, 0.15) is 17.2 Å². The fraction of sp³-hybridized carbons (Fsp3) is 0.250. The molecule has 4 rings (SSSR count). The highest BCUT2D eigenvalue weighted by Crippen LogP contribution is 2.44. The number of pyridine rings is 1. The summed E-state index contributed by atoms with van der Waals surface area (Å²) in [5.41, 5.74) is 1.09. The van der Waals surface area contributed by atoms with Crippen LogP contribution >= 0.6 is 0 Å². The zero-order chi connectivity index (χ0) is 21.3. The average molecular weight is 419 g/mol. The first-order chi connectivity index (χ1) is 14.3. The molecule has 0 unspecified atom stereocenters. The average Bonchev–Trinajstić information content (AvgIpc) is 3.16. The quantitative estimate of drug-likeness (QED) is 0.627. The van der Waals surface area contributed by atoms with Gasteiger partial charge in [-0.15, -0.1) is 0 Å². The third-order valence-electron chi connectivity index (χ3n) is 4.91. The number of halogens is 4. The van der Waals surface area contributed by atoms with Gasteiger partial charge in [0, 0.05) is 12.6 Å². The van der Waals surface area contributed by atoms with Gasteiger partial charge in [-0.1, -0.05) is 18.2 Å². The molecule has 2 N–H and O–H groups in total. The second-order valence-electron chi connectivity index (χ2n) is 6.90. The van der Waals surface area contributed by atoms with Gasteiger partial charge in [0.05, 0.1) is 24.5 Å². The van der Waals surface area contributed by atoms with Crippen LogP contribution in [-0.4, -0.2) is 26.8 Å². The molecule has 0 spiro atoms. The van der Waals surface area contributed by atoms with Crippen molar-refractivity contribution in [3.05, 3.63) is 77.5 Å². The lowest BCUT2D eigenvalue weighted by molar-refractivity contribution is -0.173. The molecule has 3 heterocycles. The Morgan fingerprint density at radius 3 is 2.63 bits per heavy atom. The van der Waals surface area contributed by atoms with Gasteiger partial charge in [0.25, 0.3) is 5.91 Å². The predicted molar refractivity (Wildman–Crippen MR) is 100 cm³/mol. The molecule has 156 valence electrons. The Bertz CT molecular complexity index is 1030. The van der Waals surface area contributed by atoms with Crippen molar-refractivity contribution < 1.29 is 22.4 Å². The minimum Gasteiger partial charge on any atom is -0.363 e. The van der Waals surface area contributed by atoms with Crippen molar-refractivity contribution in [1.29, 1.82) is 0 Å². The summed E-state index contributed by atoms with van der Waals surface area (Å²) in [7, 11) is 0. The largest absolute Gasteiger partial charge is 0.410 e. The summed E-state index contributed by atoms with van der Waals surface area (Å²) in [6, 6.07) is 7.76. The van der Waals surface area contributed by atoms with Crippen LogP contribution in [0, 0.1) is 5.82 Å². The highest BCUT2D eigenvalue weighted by molar-refractivity contribution is 5.98. The molecule has 1 aromatic carbocycles. The van der Waals surface area contributed by atoms with Crippen LogP contribution in [-0.2, 0) is 6.54 Å². The van der Waals surface area contributed by atoms with E-state index in [0.717, 1.165) is 10.9 Å². The SMILES string of the molecule is O=C(NCc1ccccn1)c1cnn2c1N[C@@H](c1ccc(F)cc1)C[C@@H]2C(F)(F)F. The molecule has 6 nitrogen and oxygen atoms in total. The number of hydrogen-bond acceptors (Lipinski definition) is 4. The Balaban J connectivity index is 1.62. The first kappa shape index (κ1) is 19.9. The van der Waals surface area contributed by atoms with E-state index in [9.17, 15) is 22.4 Å². The van der Waals surface area contributed by atoms with E-state index >= 15 is 0 Å². The topological polar surface area (TPSA) is 71.8 Å². The van der Waals surface area contributed by atoms with Crippen LogP contribution in [0.25, 0.3) is 0 Å². The maximum atomic E-state index is 13.7. The molecular formula is C20H17F4N5O.